The van der Waals surface area contributed by atoms with Crippen LogP contribution in [0.15, 0.2) is 35.7 Å². The first-order chi connectivity index (χ1) is 9.50. The van der Waals surface area contributed by atoms with Crippen LogP contribution in [0.25, 0.3) is 5.57 Å². The van der Waals surface area contributed by atoms with Gasteiger partial charge in [-0.3, -0.25) is 4.79 Å². The summed E-state index contributed by atoms with van der Waals surface area (Å²) in [4.78, 5) is 11.2. The molecule has 0 fully saturated rings. The quantitative estimate of drug-likeness (QED) is 0.846. The van der Waals surface area contributed by atoms with E-state index in [9.17, 15) is 9.18 Å². The highest BCUT2D eigenvalue weighted by molar-refractivity contribution is 5.94. The van der Waals surface area contributed by atoms with Crippen molar-refractivity contribution in [2.75, 3.05) is 0 Å². The number of allylic oxidation sites excluding steroid dienone is 4. The normalized spacial score (nSPS) is 14.3. The Morgan fingerprint density at radius 3 is 2.50 bits per heavy atom. The van der Waals surface area contributed by atoms with Crippen LogP contribution < -0.4 is 5.73 Å². The van der Waals surface area contributed by atoms with Crippen molar-refractivity contribution in [3.05, 3.63) is 52.4 Å². The van der Waals surface area contributed by atoms with Gasteiger partial charge in [-0.05, 0) is 55.5 Å². The van der Waals surface area contributed by atoms with Crippen LogP contribution >= 0.6 is 0 Å². The summed E-state index contributed by atoms with van der Waals surface area (Å²) in [6.07, 6.45) is 3.47. The molecule has 2 rings (SSSR count). The molecule has 1 aliphatic rings. The zero-order chi connectivity index (χ0) is 15.3. The largest absolute Gasteiger partial charge is 0.366 e. The van der Waals surface area contributed by atoms with Crippen LogP contribution in [0.1, 0.15) is 55.1 Å². The Balaban J connectivity index is 0.000000956. The zero-order valence-corrected chi connectivity index (χ0v) is 12.6. The molecule has 0 bridgehead atoms. The van der Waals surface area contributed by atoms with E-state index in [1.807, 2.05) is 26.8 Å². The predicted molar refractivity (Wildman–Crippen MR) is 82.1 cm³/mol. The third-order valence-electron chi connectivity index (χ3n) is 3.29. The number of halogens is 1. The number of hydrogen-bond donors (Lipinski definition) is 1. The van der Waals surface area contributed by atoms with Gasteiger partial charge in [0.25, 0.3) is 0 Å². The van der Waals surface area contributed by atoms with Crippen LogP contribution in [0.5, 0.6) is 0 Å². The minimum absolute atomic E-state index is 0.175. The van der Waals surface area contributed by atoms with E-state index in [1.54, 1.807) is 25.1 Å². The van der Waals surface area contributed by atoms with Crippen LogP contribution in [0, 0.1) is 6.92 Å². The van der Waals surface area contributed by atoms with Gasteiger partial charge in [0.05, 0.1) is 0 Å². The topological polar surface area (TPSA) is 43.1 Å². The van der Waals surface area contributed by atoms with Crippen molar-refractivity contribution in [3.63, 3.8) is 0 Å². The summed E-state index contributed by atoms with van der Waals surface area (Å²) in [6, 6.07) is 5.13. The molecule has 0 radical (unpaired) electrons. The van der Waals surface area contributed by atoms with Crippen molar-refractivity contribution in [2.45, 2.75) is 40.5 Å². The number of aryl methyl sites for hydroxylation is 1. The summed E-state index contributed by atoms with van der Waals surface area (Å²) in [5.41, 5.74) is 8.71. The Bertz CT molecular complexity index is 570. The van der Waals surface area contributed by atoms with Crippen molar-refractivity contribution in [1.82, 2.24) is 0 Å². The summed E-state index contributed by atoms with van der Waals surface area (Å²) < 4.78 is 14.1. The molecular formula is C17H22FNO. The van der Waals surface area contributed by atoms with E-state index >= 15 is 0 Å². The van der Waals surface area contributed by atoms with Crippen molar-refractivity contribution < 1.29 is 9.18 Å². The summed E-state index contributed by atoms with van der Waals surface area (Å²) in [7, 11) is 0. The average Bonchev–Trinajstić information content (AvgIpc) is 2.45. The van der Waals surface area contributed by atoms with Gasteiger partial charge in [0.2, 0.25) is 5.91 Å². The fourth-order valence-electron chi connectivity index (χ4n) is 2.16. The maximum atomic E-state index is 14.1. The van der Waals surface area contributed by atoms with E-state index in [2.05, 4.69) is 0 Å². The van der Waals surface area contributed by atoms with E-state index < -0.39 is 5.91 Å². The Morgan fingerprint density at radius 1 is 1.25 bits per heavy atom. The number of carbonyl (C=O) groups is 1. The summed E-state index contributed by atoms with van der Waals surface area (Å²) in [5.74, 6) is -0.667. The zero-order valence-electron chi connectivity index (χ0n) is 12.6. The molecule has 0 unspecified atom stereocenters. The van der Waals surface area contributed by atoms with E-state index in [-0.39, 0.29) is 5.83 Å². The molecule has 0 aliphatic heterocycles. The Kier molecular flexibility index (Phi) is 5.68. The molecule has 2 nitrogen and oxygen atoms in total. The van der Waals surface area contributed by atoms with Crippen molar-refractivity contribution in [1.29, 1.82) is 0 Å². The van der Waals surface area contributed by atoms with Crippen LogP contribution in [-0.2, 0) is 0 Å². The fraction of sp³-hybridized carbons (Fsp3) is 0.353. The Hall–Kier alpha value is -1.90. The number of rotatable bonds is 2. The first-order valence-corrected chi connectivity index (χ1v) is 6.97. The van der Waals surface area contributed by atoms with Crippen LogP contribution in [0.4, 0.5) is 4.39 Å². The van der Waals surface area contributed by atoms with Gasteiger partial charge in [0, 0.05) is 11.1 Å². The molecule has 1 aliphatic carbocycles. The second kappa shape index (κ2) is 7.04. The van der Waals surface area contributed by atoms with Gasteiger partial charge >= 0.3 is 0 Å². The second-order valence-corrected chi connectivity index (χ2v) is 4.64. The third kappa shape index (κ3) is 3.35. The number of benzene rings is 1. The molecule has 0 saturated carbocycles. The first-order valence-electron chi connectivity index (χ1n) is 6.97. The number of primary amides is 1. The number of carbonyl (C=O) groups excluding carboxylic acids is 1. The van der Waals surface area contributed by atoms with Crippen LogP contribution in [-0.4, -0.2) is 5.91 Å². The molecule has 1 aromatic rings. The molecule has 108 valence electrons. The van der Waals surface area contributed by atoms with E-state index in [0.29, 0.717) is 11.1 Å². The summed E-state index contributed by atoms with van der Waals surface area (Å²) >= 11 is 0. The van der Waals surface area contributed by atoms with E-state index in [4.69, 9.17) is 5.73 Å². The molecule has 0 spiro atoms. The van der Waals surface area contributed by atoms with Crippen LogP contribution in [0.2, 0.25) is 0 Å². The number of amides is 1. The maximum Gasteiger partial charge on any atom is 0.248 e. The molecule has 20 heavy (non-hydrogen) atoms. The van der Waals surface area contributed by atoms with Gasteiger partial charge in [-0.15, -0.1) is 0 Å². The average molecular weight is 275 g/mol. The molecule has 0 heterocycles. The minimum Gasteiger partial charge on any atom is -0.366 e. The van der Waals surface area contributed by atoms with Gasteiger partial charge < -0.3 is 5.73 Å². The first kappa shape index (κ1) is 16.2. The molecule has 0 aromatic heterocycles. The summed E-state index contributed by atoms with van der Waals surface area (Å²) in [6.45, 7) is 7.70. The van der Waals surface area contributed by atoms with E-state index in [0.717, 1.165) is 29.5 Å². The van der Waals surface area contributed by atoms with Crippen molar-refractivity contribution in [2.24, 2.45) is 5.73 Å². The molecule has 1 aromatic carbocycles. The lowest BCUT2D eigenvalue weighted by molar-refractivity contribution is 0.100. The van der Waals surface area contributed by atoms with Crippen molar-refractivity contribution >= 4 is 11.5 Å². The lowest BCUT2D eigenvalue weighted by Crippen LogP contribution is -2.11. The van der Waals surface area contributed by atoms with Gasteiger partial charge in [0.15, 0.2) is 0 Å². The molecule has 1 amide bonds. The predicted octanol–water partition coefficient (Wildman–Crippen LogP) is 4.54. The highest BCUT2D eigenvalue weighted by atomic mass is 19.1. The second-order valence-electron chi connectivity index (χ2n) is 4.64. The smallest absolute Gasteiger partial charge is 0.248 e. The molecule has 0 atom stereocenters. The van der Waals surface area contributed by atoms with Gasteiger partial charge in [0.1, 0.15) is 5.83 Å². The van der Waals surface area contributed by atoms with Crippen LogP contribution in [0.3, 0.4) is 0 Å². The highest BCUT2D eigenvalue weighted by Crippen LogP contribution is 2.34. The molecule has 3 heteroatoms. The third-order valence-corrected chi connectivity index (χ3v) is 3.29. The Labute approximate surface area is 120 Å². The molecular weight excluding hydrogens is 253 g/mol. The fourth-order valence-corrected chi connectivity index (χ4v) is 2.16. The van der Waals surface area contributed by atoms with Gasteiger partial charge in [-0.2, -0.15) is 0 Å². The lowest BCUT2D eigenvalue weighted by Gasteiger charge is -2.16. The lowest BCUT2D eigenvalue weighted by atomic mass is 9.90. The van der Waals surface area contributed by atoms with Crippen molar-refractivity contribution in [3.8, 4) is 0 Å². The molecule has 2 N–H and O–H groups in total. The maximum absolute atomic E-state index is 14.1. The monoisotopic (exact) mass is 275 g/mol. The molecule has 0 saturated heterocycles. The SMILES string of the molecule is CC.CC1=C(F)C(c2cc(C(N)=O)ccc2C)=CCC1. The number of nitrogens with two attached hydrogens (primary N) is 1. The Morgan fingerprint density at radius 2 is 1.90 bits per heavy atom. The standard InChI is InChI=1S/C15H16FNO.C2H6/c1-9-6-7-11(15(17)18)8-13(9)12-5-3-4-10(2)14(12)16;1-2/h5-8H,3-4H2,1-2H3,(H2,17,18);1-2H3. The minimum atomic E-state index is -0.492. The number of hydrogen-bond acceptors (Lipinski definition) is 1. The highest BCUT2D eigenvalue weighted by Gasteiger charge is 2.17. The van der Waals surface area contributed by atoms with Gasteiger partial charge in [-0.1, -0.05) is 26.0 Å². The summed E-state index contributed by atoms with van der Waals surface area (Å²) in [5, 5.41) is 0. The van der Waals surface area contributed by atoms with Gasteiger partial charge in [-0.25, -0.2) is 4.39 Å². The van der Waals surface area contributed by atoms with E-state index in [1.165, 1.54) is 0 Å².